The second kappa shape index (κ2) is 6.92. The maximum absolute atomic E-state index is 12.6. The Labute approximate surface area is 153 Å². The summed E-state index contributed by atoms with van der Waals surface area (Å²) < 4.78 is 7.52. The summed E-state index contributed by atoms with van der Waals surface area (Å²) in [5.41, 5.74) is 2.15. The van der Waals surface area contributed by atoms with Crippen molar-refractivity contribution >= 4 is 28.9 Å². The van der Waals surface area contributed by atoms with Gasteiger partial charge in [-0.25, -0.2) is 4.79 Å². The molecular weight excluding hydrogens is 330 g/mol. The van der Waals surface area contributed by atoms with Crippen molar-refractivity contribution in [3.63, 3.8) is 0 Å². The van der Waals surface area contributed by atoms with Crippen LogP contribution in [0.2, 0.25) is 0 Å². The SMILES string of the molecule is CC1C[NH2+]C(=C(C=N)n2ccc3cnccc32)CN1C(=O)OC(C)(C)C. The summed E-state index contributed by atoms with van der Waals surface area (Å²) in [5, 5.41) is 11.1. The van der Waals surface area contributed by atoms with Gasteiger partial charge in [0.05, 0.1) is 11.6 Å². The number of piperazine rings is 1. The van der Waals surface area contributed by atoms with E-state index >= 15 is 0 Å². The van der Waals surface area contributed by atoms with Crippen molar-refractivity contribution in [1.82, 2.24) is 14.5 Å². The Kier molecular flexibility index (Phi) is 4.82. The largest absolute Gasteiger partial charge is 0.444 e. The van der Waals surface area contributed by atoms with Gasteiger partial charge in [0.15, 0.2) is 5.70 Å². The van der Waals surface area contributed by atoms with Crippen molar-refractivity contribution < 1.29 is 14.8 Å². The molecule has 26 heavy (non-hydrogen) atoms. The summed E-state index contributed by atoms with van der Waals surface area (Å²) in [5.74, 6) is 0. The summed E-state index contributed by atoms with van der Waals surface area (Å²) in [6.07, 6.45) is 6.50. The van der Waals surface area contributed by atoms with E-state index in [0.29, 0.717) is 6.54 Å². The van der Waals surface area contributed by atoms with Gasteiger partial charge in [0.1, 0.15) is 24.4 Å². The zero-order chi connectivity index (χ0) is 18.9. The molecule has 3 heterocycles. The molecule has 2 aromatic heterocycles. The van der Waals surface area contributed by atoms with E-state index in [1.165, 1.54) is 6.21 Å². The van der Waals surface area contributed by atoms with Crippen molar-refractivity contribution in [2.75, 3.05) is 13.1 Å². The van der Waals surface area contributed by atoms with E-state index in [4.69, 9.17) is 10.1 Å². The Balaban J connectivity index is 1.95. The van der Waals surface area contributed by atoms with Crippen molar-refractivity contribution in [3.8, 4) is 0 Å². The number of nitrogens with zero attached hydrogens (tertiary/aromatic N) is 3. The first-order valence-corrected chi connectivity index (χ1v) is 8.78. The summed E-state index contributed by atoms with van der Waals surface area (Å²) in [4.78, 5) is 18.4. The standard InChI is InChI=1S/C19H25N5O2/c1-13-10-22-15(12-24(13)18(25)26-19(2,3)4)17(9-20)23-8-6-14-11-21-7-5-16(14)23/h5-9,11,13,20,22H,10,12H2,1-4H3/p+1. The number of fused-ring (bicyclic) bond motifs is 1. The Morgan fingerprint density at radius 1 is 1.42 bits per heavy atom. The third-order valence-electron chi connectivity index (χ3n) is 4.42. The molecule has 3 rings (SSSR count). The molecule has 0 saturated carbocycles. The molecule has 138 valence electrons. The number of rotatable bonds is 2. The van der Waals surface area contributed by atoms with Gasteiger partial charge in [0.25, 0.3) is 0 Å². The summed E-state index contributed by atoms with van der Waals surface area (Å²) in [6.45, 7) is 8.76. The predicted octanol–water partition coefficient (Wildman–Crippen LogP) is 2.06. The molecule has 1 aliphatic heterocycles. The number of nitrogens with two attached hydrogens (primary N) is 1. The summed E-state index contributed by atoms with van der Waals surface area (Å²) in [6, 6.07) is 3.96. The molecule has 7 heteroatoms. The molecule has 7 nitrogen and oxygen atoms in total. The number of amides is 1. The number of ether oxygens (including phenoxy) is 1. The third kappa shape index (κ3) is 3.62. The first kappa shape index (κ1) is 18.1. The van der Waals surface area contributed by atoms with Gasteiger partial charge in [-0.3, -0.25) is 9.88 Å². The highest BCUT2D eigenvalue weighted by atomic mass is 16.6. The maximum Gasteiger partial charge on any atom is 0.411 e. The zero-order valence-corrected chi connectivity index (χ0v) is 15.7. The molecule has 2 aromatic rings. The second-order valence-corrected chi connectivity index (χ2v) is 7.57. The smallest absolute Gasteiger partial charge is 0.411 e. The number of carbonyl (C=O) groups is 1. The predicted molar refractivity (Wildman–Crippen MR) is 101 cm³/mol. The van der Waals surface area contributed by atoms with E-state index < -0.39 is 5.60 Å². The van der Waals surface area contributed by atoms with Crippen LogP contribution in [0.1, 0.15) is 27.7 Å². The fourth-order valence-corrected chi connectivity index (χ4v) is 3.10. The molecule has 0 radical (unpaired) electrons. The number of pyridine rings is 1. The lowest BCUT2D eigenvalue weighted by Gasteiger charge is -2.34. The van der Waals surface area contributed by atoms with Crippen LogP contribution < -0.4 is 5.32 Å². The van der Waals surface area contributed by atoms with Crippen LogP contribution in [0.5, 0.6) is 0 Å². The Bertz CT molecular complexity index is 862. The molecule has 1 saturated heterocycles. The fraction of sp³-hybridized carbons (Fsp3) is 0.421. The zero-order valence-electron chi connectivity index (χ0n) is 15.7. The van der Waals surface area contributed by atoms with Crippen molar-refractivity contribution in [2.45, 2.75) is 39.3 Å². The second-order valence-electron chi connectivity index (χ2n) is 7.57. The van der Waals surface area contributed by atoms with Gasteiger partial charge in [-0.05, 0) is 39.8 Å². The Hall–Kier alpha value is -2.67. The number of aromatic nitrogens is 2. The highest BCUT2D eigenvalue weighted by Gasteiger charge is 2.33. The average molecular weight is 356 g/mol. The number of quaternary nitrogens is 1. The molecule has 1 amide bonds. The van der Waals surface area contributed by atoms with Gasteiger partial charge in [0.2, 0.25) is 0 Å². The minimum Gasteiger partial charge on any atom is -0.444 e. The molecule has 1 unspecified atom stereocenters. The molecule has 0 bridgehead atoms. The van der Waals surface area contributed by atoms with Crippen LogP contribution in [-0.4, -0.2) is 51.5 Å². The van der Waals surface area contributed by atoms with Gasteiger partial charge in [-0.1, -0.05) is 0 Å². The Morgan fingerprint density at radius 2 is 2.19 bits per heavy atom. The van der Waals surface area contributed by atoms with Crippen LogP contribution in [0.15, 0.2) is 36.4 Å². The third-order valence-corrected chi connectivity index (χ3v) is 4.42. The van der Waals surface area contributed by atoms with E-state index in [9.17, 15) is 4.79 Å². The van der Waals surface area contributed by atoms with Gasteiger partial charge in [-0.2, -0.15) is 0 Å². The number of allylic oxidation sites excluding steroid dienone is 1. The van der Waals surface area contributed by atoms with Crippen LogP contribution in [0.4, 0.5) is 4.79 Å². The first-order chi connectivity index (χ1) is 12.3. The minimum atomic E-state index is -0.532. The van der Waals surface area contributed by atoms with E-state index in [1.807, 2.05) is 50.6 Å². The van der Waals surface area contributed by atoms with E-state index in [2.05, 4.69) is 10.3 Å². The monoisotopic (exact) mass is 356 g/mol. The number of nitrogens with one attached hydrogen (secondary N) is 1. The average Bonchev–Trinajstić information content (AvgIpc) is 2.99. The summed E-state index contributed by atoms with van der Waals surface area (Å²) in [7, 11) is 0. The quantitative estimate of drug-likeness (QED) is 0.807. The minimum absolute atomic E-state index is 0.0613. The first-order valence-electron chi connectivity index (χ1n) is 8.78. The molecular formula is C19H26N5O2+. The molecule has 0 spiro atoms. The lowest BCUT2D eigenvalue weighted by Crippen LogP contribution is -2.90. The van der Waals surface area contributed by atoms with Crippen LogP contribution in [0.3, 0.4) is 0 Å². The van der Waals surface area contributed by atoms with E-state index in [0.717, 1.165) is 28.8 Å². The topological polar surface area (TPSA) is 87.8 Å². The molecule has 3 N–H and O–H groups in total. The van der Waals surface area contributed by atoms with Gasteiger partial charge in [-0.15, -0.1) is 0 Å². The highest BCUT2D eigenvalue weighted by Crippen LogP contribution is 2.20. The van der Waals surface area contributed by atoms with Crippen LogP contribution >= 0.6 is 0 Å². The van der Waals surface area contributed by atoms with Crippen LogP contribution in [0, 0.1) is 5.41 Å². The molecule has 0 aromatic carbocycles. The van der Waals surface area contributed by atoms with Crippen molar-refractivity contribution in [3.05, 3.63) is 36.4 Å². The summed E-state index contributed by atoms with van der Waals surface area (Å²) >= 11 is 0. The fourth-order valence-electron chi connectivity index (χ4n) is 3.10. The Morgan fingerprint density at radius 3 is 2.88 bits per heavy atom. The maximum atomic E-state index is 12.6. The van der Waals surface area contributed by atoms with Crippen LogP contribution in [0.25, 0.3) is 16.6 Å². The van der Waals surface area contributed by atoms with Gasteiger partial charge in [0, 0.05) is 30.2 Å². The lowest BCUT2D eigenvalue weighted by atomic mass is 10.1. The number of hydrogen-bond donors (Lipinski definition) is 2. The molecule has 0 aliphatic carbocycles. The van der Waals surface area contributed by atoms with E-state index in [-0.39, 0.29) is 12.1 Å². The molecule has 1 atom stereocenters. The van der Waals surface area contributed by atoms with Crippen LogP contribution in [-0.2, 0) is 4.74 Å². The van der Waals surface area contributed by atoms with Crippen molar-refractivity contribution in [2.24, 2.45) is 0 Å². The lowest BCUT2D eigenvalue weighted by molar-refractivity contribution is -0.620. The highest BCUT2D eigenvalue weighted by molar-refractivity contribution is 6.04. The van der Waals surface area contributed by atoms with Crippen molar-refractivity contribution in [1.29, 1.82) is 5.41 Å². The molecule has 1 fully saturated rings. The number of hydrogen-bond acceptors (Lipinski definition) is 4. The number of carbonyl (C=O) groups excluding carboxylic acids is 1. The van der Waals surface area contributed by atoms with Gasteiger partial charge < -0.3 is 20.0 Å². The van der Waals surface area contributed by atoms with E-state index in [1.54, 1.807) is 17.3 Å². The molecule has 1 aliphatic rings. The van der Waals surface area contributed by atoms with Gasteiger partial charge >= 0.3 is 6.09 Å². The normalized spacial score (nSPS) is 20.2.